The van der Waals surface area contributed by atoms with Crippen molar-refractivity contribution < 1.29 is 19.1 Å². The van der Waals surface area contributed by atoms with E-state index >= 15 is 0 Å². The van der Waals surface area contributed by atoms with Gasteiger partial charge in [-0.05, 0) is 44.3 Å². The number of carbonyl (C=O) groups is 2. The van der Waals surface area contributed by atoms with Crippen LogP contribution in [0.3, 0.4) is 0 Å². The number of Topliss-reactive ketones (excluding diaryl/α,β-unsaturated/α-hetero) is 1. The van der Waals surface area contributed by atoms with E-state index in [-0.39, 0.29) is 18.2 Å². The summed E-state index contributed by atoms with van der Waals surface area (Å²) in [7, 11) is 5.08. The van der Waals surface area contributed by atoms with Crippen LogP contribution in [-0.4, -0.2) is 44.4 Å². The number of ether oxygens (including phenoxy) is 2. The van der Waals surface area contributed by atoms with E-state index in [1.54, 1.807) is 38.5 Å². The van der Waals surface area contributed by atoms with Gasteiger partial charge in [-0.25, -0.2) is 0 Å². The van der Waals surface area contributed by atoms with Gasteiger partial charge < -0.3 is 14.8 Å². The van der Waals surface area contributed by atoms with Gasteiger partial charge in [0, 0.05) is 29.4 Å². The minimum absolute atomic E-state index is 0.00366. The molecule has 0 aromatic heterocycles. The highest BCUT2D eigenvalue weighted by Crippen LogP contribution is 2.25. The fourth-order valence-corrected chi connectivity index (χ4v) is 2.56. The van der Waals surface area contributed by atoms with Gasteiger partial charge in [-0.2, -0.15) is 0 Å². The molecule has 0 bridgehead atoms. The van der Waals surface area contributed by atoms with Crippen LogP contribution in [0, 0.1) is 0 Å². The molecular formula is C20H24N2O4. The van der Waals surface area contributed by atoms with E-state index in [2.05, 4.69) is 5.32 Å². The minimum atomic E-state index is -0.129. The molecule has 0 saturated carbocycles. The molecule has 0 saturated heterocycles. The minimum Gasteiger partial charge on any atom is -0.497 e. The smallest absolute Gasteiger partial charge is 0.238 e. The lowest BCUT2D eigenvalue weighted by molar-refractivity contribution is -0.117. The molecule has 0 heterocycles. The number of methoxy groups -OCH3 is 2. The fourth-order valence-electron chi connectivity index (χ4n) is 2.56. The van der Waals surface area contributed by atoms with Crippen LogP contribution in [0.4, 0.5) is 5.69 Å². The monoisotopic (exact) mass is 356 g/mol. The summed E-state index contributed by atoms with van der Waals surface area (Å²) in [5, 5.41) is 2.83. The molecule has 0 spiro atoms. The Morgan fingerprint density at radius 3 is 2.31 bits per heavy atom. The number of carbonyl (C=O) groups excluding carboxylic acids is 2. The maximum Gasteiger partial charge on any atom is 0.238 e. The lowest BCUT2D eigenvalue weighted by atomic mass is 10.1. The standard InChI is InChI=1S/C20H24N2O4/c1-14(23)15-5-8-17(9-6-15)21-20(24)13-22(2)12-16-7-10-18(25-3)11-19(16)26-4/h5-11H,12-13H2,1-4H3,(H,21,24). The number of benzene rings is 2. The molecule has 0 atom stereocenters. The Labute approximate surface area is 153 Å². The molecule has 2 rings (SSSR count). The summed E-state index contributed by atoms with van der Waals surface area (Å²) in [5.41, 5.74) is 2.25. The molecule has 0 aliphatic carbocycles. The highest BCUT2D eigenvalue weighted by molar-refractivity contribution is 5.96. The first-order valence-corrected chi connectivity index (χ1v) is 8.23. The van der Waals surface area contributed by atoms with Gasteiger partial charge in [0.15, 0.2) is 5.78 Å². The molecule has 1 amide bonds. The maximum atomic E-state index is 12.2. The molecule has 0 fully saturated rings. The Kier molecular flexibility index (Phi) is 6.74. The first-order valence-electron chi connectivity index (χ1n) is 8.23. The molecule has 0 radical (unpaired) electrons. The van der Waals surface area contributed by atoms with Crippen molar-refractivity contribution in [2.75, 3.05) is 33.1 Å². The van der Waals surface area contributed by atoms with E-state index in [0.29, 0.717) is 17.8 Å². The number of hydrogen-bond acceptors (Lipinski definition) is 5. The van der Waals surface area contributed by atoms with Gasteiger partial charge in [0.1, 0.15) is 11.5 Å². The molecule has 1 N–H and O–H groups in total. The van der Waals surface area contributed by atoms with Crippen molar-refractivity contribution in [2.45, 2.75) is 13.5 Å². The van der Waals surface area contributed by atoms with Gasteiger partial charge in [-0.1, -0.05) is 6.07 Å². The van der Waals surface area contributed by atoms with Crippen LogP contribution in [0.2, 0.25) is 0 Å². The van der Waals surface area contributed by atoms with Crippen molar-refractivity contribution in [1.82, 2.24) is 4.90 Å². The lowest BCUT2D eigenvalue weighted by Gasteiger charge is -2.18. The zero-order valence-electron chi connectivity index (χ0n) is 15.5. The highest BCUT2D eigenvalue weighted by Gasteiger charge is 2.11. The summed E-state index contributed by atoms with van der Waals surface area (Å²) in [5.74, 6) is 1.31. The van der Waals surface area contributed by atoms with Gasteiger partial charge in [0.05, 0.1) is 20.8 Å². The number of amides is 1. The predicted molar refractivity (Wildman–Crippen MR) is 101 cm³/mol. The molecule has 2 aromatic rings. The Bertz CT molecular complexity index is 772. The second-order valence-electron chi connectivity index (χ2n) is 6.03. The van der Waals surface area contributed by atoms with Crippen LogP contribution in [0.25, 0.3) is 0 Å². The zero-order valence-corrected chi connectivity index (χ0v) is 15.5. The lowest BCUT2D eigenvalue weighted by Crippen LogP contribution is -2.30. The number of anilines is 1. The summed E-state index contributed by atoms with van der Waals surface area (Å²) in [6.07, 6.45) is 0. The molecule has 6 heteroatoms. The van der Waals surface area contributed by atoms with E-state index in [1.807, 2.05) is 30.1 Å². The Morgan fingerprint density at radius 2 is 1.73 bits per heavy atom. The largest absolute Gasteiger partial charge is 0.497 e. The normalized spacial score (nSPS) is 10.5. The van der Waals surface area contributed by atoms with Gasteiger partial charge in [-0.15, -0.1) is 0 Å². The van der Waals surface area contributed by atoms with E-state index in [1.165, 1.54) is 6.92 Å². The van der Waals surface area contributed by atoms with Gasteiger partial charge in [0.25, 0.3) is 0 Å². The van der Waals surface area contributed by atoms with Crippen molar-refractivity contribution in [2.24, 2.45) is 0 Å². The molecule has 6 nitrogen and oxygen atoms in total. The first kappa shape index (κ1) is 19.5. The SMILES string of the molecule is COc1ccc(CN(C)CC(=O)Nc2ccc(C(C)=O)cc2)c(OC)c1. The molecule has 0 unspecified atom stereocenters. The second kappa shape index (κ2) is 9.01. The summed E-state index contributed by atoms with van der Waals surface area (Å²) >= 11 is 0. The number of nitrogens with zero attached hydrogens (tertiary/aromatic N) is 1. The number of nitrogens with one attached hydrogen (secondary N) is 1. The van der Waals surface area contributed by atoms with Crippen molar-refractivity contribution in [3.8, 4) is 11.5 Å². The van der Waals surface area contributed by atoms with Crippen molar-refractivity contribution >= 4 is 17.4 Å². The third kappa shape index (κ3) is 5.32. The number of likely N-dealkylation sites (N-methyl/N-ethyl adjacent to an activating group) is 1. The van der Waals surface area contributed by atoms with Gasteiger partial charge in [-0.3, -0.25) is 14.5 Å². The molecular weight excluding hydrogens is 332 g/mol. The summed E-state index contributed by atoms with van der Waals surface area (Å²) in [6.45, 7) is 2.30. The summed E-state index contributed by atoms with van der Waals surface area (Å²) < 4.78 is 10.6. The quantitative estimate of drug-likeness (QED) is 0.737. The van der Waals surface area contributed by atoms with Crippen LogP contribution >= 0.6 is 0 Å². The average molecular weight is 356 g/mol. The third-order valence-corrected chi connectivity index (χ3v) is 3.92. The van der Waals surface area contributed by atoms with Crippen molar-refractivity contribution in [3.05, 3.63) is 53.6 Å². The molecule has 0 aliphatic heterocycles. The zero-order chi connectivity index (χ0) is 19.1. The van der Waals surface area contributed by atoms with Crippen LogP contribution in [0.5, 0.6) is 11.5 Å². The number of ketones is 1. The van der Waals surface area contributed by atoms with Crippen LogP contribution in [0.1, 0.15) is 22.8 Å². The van der Waals surface area contributed by atoms with Crippen molar-refractivity contribution in [1.29, 1.82) is 0 Å². The topological polar surface area (TPSA) is 67.9 Å². The molecule has 0 aliphatic rings. The second-order valence-corrected chi connectivity index (χ2v) is 6.03. The molecule has 138 valence electrons. The average Bonchev–Trinajstić information content (AvgIpc) is 2.62. The third-order valence-electron chi connectivity index (χ3n) is 3.92. The van der Waals surface area contributed by atoms with Crippen LogP contribution in [-0.2, 0) is 11.3 Å². The fraction of sp³-hybridized carbons (Fsp3) is 0.300. The summed E-state index contributed by atoms with van der Waals surface area (Å²) in [6, 6.07) is 12.4. The van der Waals surface area contributed by atoms with E-state index in [0.717, 1.165) is 17.1 Å². The first-order chi connectivity index (χ1) is 12.4. The predicted octanol–water partition coefficient (Wildman–Crippen LogP) is 2.98. The van der Waals surface area contributed by atoms with Crippen molar-refractivity contribution in [3.63, 3.8) is 0 Å². The molecule has 26 heavy (non-hydrogen) atoms. The van der Waals surface area contributed by atoms with Gasteiger partial charge >= 0.3 is 0 Å². The van der Waals surface area contributed by atoms with Gasteiger partial charge in [0.2, 0.25) is 5.91 Å². The van der Waals surface area contributed by atoms with E-state index in [9.17, 15) is 9.59 Å². The van der Waals surface area contributed by atoms with Crippen LogP contribution < -0.4 is 14.8 Å². The van der Waals surface area contributed by atoms with Crippen LogP contribution in [0.15, 0.2) is 42.5 Å². The number of rotatable bonds is 8. The van der Waals surface area contributed by atoms with E-state index < -0.39 is 0 Å². The maximum absolute atomic E-state index is 12.2. The molecule has 2 aromatic carbocycles. The summed E-state index contributed by atoms with van der Waals surface area (Å²) in [4.78, 5) is 25.4. The number of hydrogen-bond donors (Lipinski definition) is 1. The highest BCUT2D eigenvalue weighted by atomic mass is 16.5. The Balaban J connectivity index is 1.93. The Morgan fingerprint density at radius 1 is 1.04 bits per heavy atom. The Hall–Kier alpha value is -2.86. The van der Waals surface area contributed by atoms with E-state index in [4.69, 9.17) is 9.47 Å².